The molecular formula is C13H23NO3. The predicted octanol–water partition coefficient (Wildman–Crippen LogP) is 0.911. The Bertz CT molecular complexity index is 251. The molecule has 0 aromatic carbocycles. The molecule has 2 fully saturated rings. The van der Waals surface area contributed by atoms with Crippen LogP contribution in [-0.2, 0) is 4.79 Å². The minimum atomic E-state index is -0.757. The zero-order chi connectivity index (χ0) is 12.3. The summed E-state index contributed by atoms with van der Waals surface area (Å²) in [4.78, 5) is 13.9. The summed E-state index contributed by atoms with van der Waals surface area (Å²) < 4.78 is 0. The molecule has 1 aliphatic carbocycles. The summed E-state index contributed by atoms with van der Waals surface area (Å²) in [5.41, 5.74) is 0. The molecule has 0 aromatic rings. The van der Waals surface area contributed by atoms with Crippen LogP contribution in [0.2, 0.25) is 0 Å². The molecule has 4 heteroatoms. The van der Waals surface area contributed by atoms with Gasteiger partial charge in [-0.05, 0) is 12.8 Å². The number of β-amino-alcohol motifs (C(OH)–C–C–N with tert-alkyl or cyclic N) is 2. The summed E-state index contributed by atoms with van der Waals surface area (Å²) in [5, 5.41) is 18.9. The highest BCUT2D eigenvalue weighted by Crippen LogP contribution is 2.25. The van der Waals surface area contributed by atoms with Gasteiger partial charge in [-0.2, -0.15) is 0 Å². The van der Waals surface area contributed by atoms with Crippen molar-refractivity contribution < 1.29 is 15.0 Å². The maximum absolute atomic E-state index is 12.3. The summed E-state index contributed by atoms with van der Waals surface area (Å²) in [6.45, 7) is 0.604. The summed E-state index contributed by atoms with van der Waals surface area (Å²) in [6, 6.07) is 0. The second kappa shape index (κ2) is 5.83. The molecule has 1 aliphatic heterocycles. The molecule has 2 aliphatic rings. The normalized spacial score (nSPS) is 32.2. The molecule has 2 unspecified atom stereocenters. The third-order valence-corrected chi connectivity index (χ3v) is 4.03. The van der Waals surface area contributed by atoms with Crippen molar-refractivity contribution in [2.45, 2.75) is 57.2 Å². The molecule has 0 spiro atoms. The van der Waals surface area contributed by atoms with Crippen LogP contribution in [0.4, 0.5) is 0 Å². The highest BCUT2D eigenvalue weighted by atomic mass is 16.3. The monoisotopic (exact) mass is 241 g/mol. The Balaban J connectivity index is 1.89. The Morgan fingerprint density at radius 2 is 1.35 bits per heavy atom. The Labute approximate surface area is 103 Å². The van der Waals surface area contributed by atoms with E-state index in [0.29, 0.717) is 13.1 Å². The predicted molar refractivity (Wildman–Crippen MR) is 64.4 cm³/mol. The van der Waals surface area contributed by atoms with Gasteiger partial charge in [-0.3, -0.25) is 4.79 Å². The third-order valence-electron chi connectivity index (χ3n) is 4.03. The zero-order valence-corrected chi connectivity index (χ0v) is 10.3. The van der Waals surface area contributed by atoms with Crippen LogP contribution >= 0.6 is 0 Å². The van der Waals surface area contributed by atoms with E-state index in [9.17, 15) is 15.0 Å². The van der Waals surface area contributed by atoms with Crippen molar-refractivity contribution in [3.8, 4) is 0 Å². The van der Waals surface area contributed by atoms with Crippen molar-refractivity contribution >= 4 is 5.91 Å². The number of aliphatic hydroxyl groups is 2. The quantitative estimate of drug-likeness (QED) is 0.717. The highest BCUT2D eigenvalue weighted by Gasteiger charge is 2.35. The second-order valence-electron chi connectivity index (χ2n) is 5.42. The van der Waals surface area contributed by atoms with Crippen molar-refractivity contribution in [1.82, 2.24) is 4.90 Å². The number of likely N-dealkylation sites (tertiary alicyclic amines) is 1. The SMILES string of the molecule is O=C(C1CCCCCCC1)N1CC(O)C(O)C1. The van der Waals surface area contributed by atoms with E-state index >= 15 is 0 Å². The van der Waals surface area contributed by atoms with E-state index in [4.69, 9.17) is 0 Å². The Morgan fingerprint density at radius 3 is 1.88 bits per heavy atom. The number of nitrogens with zero attached hydrogens (tertiary/aromatic N) is 1. The number of carbonyl (C=O) groups excluding carboxylic acids is 1. The molecule has 98 valence electrons. The fraction of sp³-hybridized carbons (Fsp3) is 0.923. The van der Waals surface area contributed by atoms with E-state index in [1.54, 1.807) is 4.90 Å². The smallest absolute Gasteiger partial charge is 0.225 e. The van der Waals surface area contributed by atoms with Gasteiger partial charge in [0.05, 0.1) is 12.2 Å². The largest absolute Gasteiger partial charge is 0.388 e. The van der Waals surface area contributed by atoms with Gasteiger partial charge >= 0.3 is 0 Å². The molecule has 0 radical (unpaired) electrons. The number of rotatable bonds is 1. The van der Waals surface area contributed by atoms with E-state index in [1.165, 1.54) is 19.3 Å². The Kier molecular flexibility index (Phi) is 4.40. The molecule has 2 rings (SSSR count). The molecule has 0 aromatic heterocycles. The number of hydrogen-bond acceptors (Lipinski definition) is 3. The van der Waals surface area contributed by atoms with Crippen molar-refractivity contribution in [3.63, 3.8) is 0 Å². The van der Waals surface area contributed by atoms with Crippen molar-refractivity contribution in [3.05, 3.63) is 0 Å². The van der Waals surface area contributed by atoms with Gasteiger partial charge in [0.1, 0.15) is 0 Å². The molecule has 1 heterocycles. The molecule has 2 atom stereocenters. The van der Waals surface area contributed by atoms with E-state index in [1.807, 2.05) is 0 Å². The zero-order valence-electron chi connectivity index (χ0n) is 10.3. The first-order chi connectivity index (χ1) is 8.18. The fourth-order valence-electron chi connectivity index (χ4n) is 2.91. The fourth-order valence-corrected chi connectivity index (χ4v) is 2.91. The molecule has 2 N–H and O–H groups in total. The van der Waals surface area contributed by atoms with Gasteiger partial charge in [-0.25, -0.2) is 0 Å². The molecule has 1 amide bonds. The molecular weight excluding hydrogens is 218 g/mol. The number of aliphatic hydroxyl groups excluding tert-OH is 2. The van der Waals surface area contributed by atoms with E-state index < -0.39 is 12.2 Å². The summed E-state index contributed by atoms with van der Waals surface area (Å²) in [6.07, 6.45) is 6.46. The average molecular weight is 241 g/mol. The van der Waals surface area contributed by atoms with E-state index in [2.05, 4.69) is 0 Å². The third kappa shape index (κ3) is 3.19. The minimum Gasteiger partial charge on any atom is -0.388 e. The van der Waals surface area contributed by atoms with Crippen LogP contribution in [-0.4, -0.2) is 46.3 Å². The van der Waals surface area contributed by atoms with Gasteiger partial charge in [-0.1, -0.05) is 32.1 Å². The first-order valence-electron chi connectivity index (χ1n) is 6.83. The second-order valence-corrected chi connectivity index (χ2v) is 5.42. The maximum Gasteiger partial charge on any atom is 0.225 e. The number of hydrogen-bond donors (Lipinski definition) is 2. The average Bonchev–Trinajstić information content (AvgIpc) is 2.58. The van der Waals surface area contributed by atoms with Gasteiger partial charge in [0.25, 0.3) is 0 Å². The summed E-state index contributed by atoms with van der Waals surface area (Å²) in [5.74, 6) is 0.260. The molecule has 4 nitrogen and oxygen atoms in total. The Hall–Kier alpha value is -0.610. The van der Waals surface area contributed by atoms with Crippen molar-refractivity contribution in [2.75, 3.05) is 13.1 Å². The molecule has 1 saturated heterocycles. The molecule has 17 heavy (non-hydrogen) atoms. The van der Waals surface area contributed by atoms with Gasteiger partial charge in [0, 0.05) is 19.0 Å². The number of amides is 1. The lowest BCUT2D eigenvalue weighted by molar-refractivity contribution is -0.135. The van der Waals surface area contributed by atoms with Crippen molar-refractivity contribution in [2.24, 2.45) is 5.92 Å². The lowest BCUT2D eigenvalue weighted by atomic mass is 9.90. The molecule has 1 saturated carbocycles. The minimum absolute atomic E-state index is 0.118. The first-order valence-corrected chi connectivity index (χ1v) is 6.83. The van der Waals surface area contributed by atoms with Crippen LogP contribution in [0, 0.1) is 5.92 Å². The molecule has 0 bridgehead atoms. The van der Waals surface area contributed by atoms with Crippen LogP contribution in [0.5, 0.6) is 0 Å². The van der Waals surface area contributed by atoms with Crippen molar-refractivity contribution in [1.29, 1.82) is 0 Å². The van der Waals surface area contributed by atoms with Gasteiger partial charge < -0.3 is 15.1 Å². The van der Waals surface area contributed by atoms with Gasteiger partial charge in [0.15, 0.2) is 0 Å². The lowest BCUT2D eigenvalue weighted by Gasteiger charge is -2.24. The Morgan fingerprint density at radius 1 is 0.882 bits per heavy atom. The number of carbonyl (C=O) groups is 1. The van der Waals surface area contributed by atoms with Crippen LogP contribution in [0.3, 0.4) is 0 Å². The summed E-state index contributed by atoms with van der Waals surface area (Å²) >= 11 is 0. The van der Waals surface area contributed by atoms with E-state index in [-0.39, 0.29) is 11.8 Å². The van der Waals surface area contributed by atoms with Crippen LogP contribution < -0.4 is 0 Å². The highest BCUT2D eigenvalue weighted by molar-refractivity contribution is 5.79. The van der Waals surface area contributed by atoms with Gasteiger partial charge in [-0.15, -0.1) is 0 Å². The van der Waals surface area contributed by atoms with E-state index in [0.717, 1.165) is 25.7 Å². The first kappa shape index (κ1) is 12.8. The standard InChI is InChI=1S/C13H23NO3/c15-11-8-14(9-12(11)16)13(17)10-6-4-2-1-3-5-7-10/h10-12,15-16H,1-9H2. The van der Waals surface area contributed by atoms with Gasteiger partial charge in [0.2, 0.25) is 5.91 Å². The lowest BCUT2D eigenvalue weighted by Crippen LogP contribution is -2.35. The topological polar surface area (TPSA) is 60.8 Å². The van der Waals surface area contributed by atoms with Crippen LogP contribution in [0.15, 0.2) is 0 Å². The maximum atomic E-state index is 12.3. The summed E-state index contributed by atoms with van der Waals surface area (Å²) in [7, 11) is 0. The van der Waals surface area contributed by atoms with Crippen LogP contribution in [0.25, 0.3) is 0 Å². The van der Waals surface area contributed by atoms with Crippen LogP contribution in [0.1, 0.15) is 44.9 Å².